The number of carbonyl (C=O) groups is 1. The summed E-state index contributed by atoms with van der Waals surface area (Å²) in [5.41, 5.74) is -0.398. The topological polar surface area (TPSA) is 41.6 Å². The Balaban J connectivity index is 1.89. The number of rotatable bonds is 1. The summed E-state index contributed by atoms with van der Waals surface area (Å²) in [5.74, 6) is 2.10. The van der Waals surface area contributed by atoms with Crippen molar-refractivity contribution >= 4 is 6.09 Å². The molecule has 4 nitrogen and oxygen atoms in total. The molecule has 0 saturated carbocycles. The Bertz CT molecular complexity index is 338. The minimum atomic E-state index is -0.398. The van der Waals surface area contributed by atoms with Gasteiger partial charge in [-0.1, -0.05) is 6.92 Å². The lowest BCUT2D eigenvalue weighted by Crippen LogP contribution is -2.47. The van der Waals surface area contributed by atoms with Crippen molar-refractivity contribution in [2.45, 2.75) is 52.6 Å². The lowest BCUT2D eigenvalue weighted by Gasteiger charge is -2.40. The molecule has 0 spiro atoms. The van der Waals surface area contributed by atoms with Crippen molar-refractivity contribution in [1.82, 2.24) is 10.2 Å². The van der Waals surface area contributed by atoms with Crippen LogP contribution in [0, 0.1) is 17.8 Å². The van der Waals surface area contributed by atoms with Gasteiger partial charge >= 0.3 is 6.09 Å². The quantitative estimate of drug-likeness (QED) is 0.804. The molecule has 0 bridgehead atoms. The largest absolute Gasteiger partial charge is 0.444 e. The maximum atomic E-state index is 12.2. The lowest BCUT2D eigenvalue weighted by molar-refractivity contribution is 0.0112. The Labute approximate surface area is 123 Å². The second-order valence-corrected chi connectivity index (χ2v) is 7.59. The fraction of sp³-hybridized carbons (Fsp3) is 0.938. The summed E-state index contributed by atoms with van der Waals surface area (Å²) in [6.45, 7) is 12.1. The van der Waals surface area contributed by atoms with Crippen LogP contribution in [0.3, 0.4) is 0 Å². The van der Waals surface area contributed by atoms with E-state index in [2.05, 4.69) is 12.2 Å². The molecule has 0 aromatic heterocycles. The van der Waals surface area contributed by atoms with Crippen molar-refractivity contribution in [2.24, 2.45) is 17.8 Å². The molecular formula is C16H30N2O2. The van der Waals surface area contributed by atoms with Crippen LogP contribution in [0.5, 0.6) is 0 Å². The first-order valence-corrected chi connectivity index (χ1v) is 8.04. The molecule has 1 N–H and O–H groups in total. The highest BCUT2D eigenvalue weighted by Gasteiger charge is 2.33. The van der Waals surface area contributed by atoms with E-state index in [-0.39, 0.29) is 6.09 Å². The molecule has 0 radical (unpaired) electrons. The van der Waals surface area contributed by atoms with E-state index in [1.54, 1.807) is 0 Å². The maximum Gasteiger partial charge on any atom is 0.410 e. The molecule has 3 atom stereocenters. The fourth-order valence-electron chi connectivity index (χ4n) is 3.44. The Kier molecular flexibility index (Phi) is 4.95. The summed E-state index contributed by atoms with van der Waals surface area (Å²) in [6, 6.07) is 0. The van der Waals surface area contributed by atoms with Gasteiger partial charge in [0.2, 0.25) is 0 Å². The van der Waals surface area contributed by atoms with Crippen LogP contribution in [-0.4, -0.2) is 42.8 Å². The smallest absolute Gasteiger partial charge is 0.410 e. The van der Waals surface area contributed by atoms with Crippen LogP contribution in [0.2, 0.25) is 0 Å². The second-order valence-electron chi connectivity index (χ2n) is 7.59. The van der Waals surface area contributed by atoms with Crippen LogP contribution in [0.4, 0.5) is 4.79 Å². The first kappa shape index (κ1) is 15.6. The van der Waals surface area contributed by atoms with E-state index in [4.69, 9.17) is 4.74 Å². The van der Waals surface area contributed by atoms with Crippen molar-refractivity contribution in [3.63, 3.8) is 0 Å². The Morgan fingerprint density at radius 2 is 2.00 bits per heavy atom. The van der Waals surface area contributed by atoms with E-state index in [0.717, 1.165) is 38.5 Å². The average Bonchev–Trinajstić information content (AvgIpc) is 2.37. The van der Waals surface area contributed by atoms with Crippen LogP contribution < -0.4 is 5.32 Å². The first-order valence-electron chi connectivity index (χ1n) is 8.04. The summed E-state index contributed by atoms with van der Waals surface area (Å²) in [6.07, 6.45) is 3.51. The Hall–Kier alpha value is -0.770. The number of hydrogen-bond acceptors (Lipinski definition) is 3. The molecule has 0 aromatic rings. The van der Waals surface area contributed by atoms with Gasteiger partial charge in [-0.3, -0.25) is 0 Å². The SMILES string of the molecule is CC1CNCC(C2CCCN(C(=O)OC(C)(C)C)C2)C1. The lowest BCUT2D eigenvalue weighted by atomic mass is 9.78. The third kappa shape index (κ3) is 4.37. The molecule has 3 unspecified atom stereocenters. The number of amides is 1. The van der Waals surface area contributed by atoms with Crippen LogP contribution in [0.15, 0.2) is 0 Å². The molecule has 1 amide bonds. The fourth-order valence-corrected chi connectivity index (χ4v) is 3.44. The van der Waals surface area contributed by atoms with Gasteiger partial charge in [0.25, 0.3) is 0 Å². The normalized spacial score (nSPS) is 32.0. The highest BCUT2D eigenvalue weighted by Crippen LogP contribution is 2.30. The molecular weight excluding hydrogens is 252 g/mol. The molecule has 2 aliphatic rings. The zero-order chi connectivity index (χ0) is 14.8. The summed E-state index contributed by atoms with van der Waals surface area (Å²) in [4.78, 5) is 14.1. The molecule has 4 heteroatoms. The molecule has 2 rings (SSSR count). The van der Waals surface area contributed by atoms with E-state index in [0.29, 0.717) is 11.8 Å². The van der Waals surface area contributed by atoms with Gasteiger partial charge in [-0.25, -0.2) is 4.79 Å². The highest BCUT2D eigenvalue weighted by molar-refractivity contribution is 5.68. The van der Waals surface area contributed by atoms with Crippen LogP contribution >= 0.6 is 0 Å². The highest BCUT2D eigenvalue weighted by atomic mass is 16.6. The molecule has 2 fully saturated rings. The molecule has 2 heterocycles. The number of nitrogens with zero attached hydrogens (tertiary/aromatic N) is 1. The minimum absolute atomic E-state index is 0.140. The first-order chi connectivity index (χ1) is 9.35. The predicted octanol–water partition coefficient (Wildman–Crippen LogP) is 2.88. The number of hydrogen-bond donors (Lipinski definition) is 1. The zero-order valence-corrected chi connectivity index (χ0v) is 13.4. The second kappa shape index (κ2) is 6.33. The van der Waals surface area contributed by atoms with Crippen molar-refractivity contribution in [2.75, 3.05) is 26.2 Å². The number of piperidine rings is 2. The van der Waals surface area contributed by atoms with Crippen LogP contribution in [-0.2, 0) is 4.74 Å². The summed E-state index contributed by atoms with van der Waals surface area (Å²) in [5, 5.41) is 3.53. The predicted molar refractivity (Wildman–Crippen MR) is 80.7 cm³/mol. The monoisotopic (exact) mass is 282 g/mol. The molecule has 0 aromatic carbocycles. The van der Waals surface area contributed by atoms with Crippen molar-refractivity contribution in [3.05, 3.63) is 0 Å². The zero-order valence-electron chi connectivity index (χ0n) is 13.4. The van der Waals surface area contributed by atoms with Gasteiger partial charge in [-0.15, -0.1) is 0 Å². The number of ether oxygens (including phenoxy) is 1. The number of nitrogens with one attached hydrogen (secondary N) is 1. The standard InChI is InChI=1S/C16H30N2O2/c1-12-8-14(10-17-9-12)13-6-5-7-18(11-13)15(19)20-16(2,3)4/h12-14,17H,5-11H2,1-4H3. The molecule has 20 heavy (non-hydrogen) atoms. The molecule has 2 aliphatic heterocycles. The Morgan fingerprint density at radius 3 is 2.65 bits per heavy atom. The van der Waals surface area contributed by atoms with Crippen molar-refractivity contribution in [1.29, 1.82) is 0 Å². The van der Waals surface area contributed by atoms with E-state index >= 15 is 0 Å². The van der Waals surface area contributed by atoms with E-state index in [1.807, 2.05) is 25.7 Å². The van der Waals surface area contributed by atoms with Gasteiger partial charge in [0, 0.05) is 13.1 Å². The van der Waals surface area contributed by atoms with Gasteiger partial charge in [-0.2, -0.15) is 0 Å². The van der Waals surface area contributed by atoms with Crippen molar-refractivity contribution in [3.8, 4) is 0 Å². The van der Waals surface area contributed by atoms with Gasteiger partial charge < -0.3 is 15.0 Å². The minimum Gasteiger partial charge on any atom is -0.444 e. The van der Waals surface area contributed by atoms with Crippen molar-refractivity contribution < 1.29 is 9.53 Å². The summed E-state index contributed by atoms with van der Waals surface area (Å²) in [7, 11) is 0. The summed E-state index contributed by atoms with van der Waals surface area (Å²) < 4.78 is 5.51. The van der Waals surface area contributed by atoms with Gasteiger partial charge in [0.15, 0.2) is 0 Å². The molecule has 0 aliphatic carbocycles. The van der Waals surface area contributed by atoms with E-state index in [1.165, 1.54) is 12.8 Å². The molecule has 2 saturated heterocycles. The third-order valence-electron chi connectivity index (χ3n) is 4.38. The summed E-state index contributed by atoms with van der Waals surface area (Å²) >= 11 is 0. The van der Waals surface area contributed by atoms with E-state index < -0.39 is 5.60 Å². The number of likely N-dealkylation sites (tertiary alicyclic amines) is 1. The maximum absolute atomic E-state index is 12.2. The van der Waals surface area contributed by atoms with Gasteiger partial charge in [0.05, 0.1) is 0 Å². The number of carbonyl (C=O) groups excluding carboxylic acids is 1. The molecule has 116 valence electrons. The van der Waals surface area contributed by atoms with Gasteiger partial charge in [0.1, 0.15) is 5.60 Å². The van der Waals surface area contributed by atoms with Crippen LogP contribution in [0.1, 0.15) is 47.0 Å². The average molecular weight is 282 g/mol. The van der Waals surface area contributed by atoms with Gasteiger partial charge in [-0.05, 0) is 70.9 Å². The van der Waals surface area contributed by atoms with Crippen LogP contribution in [0.25, 0.3) is 0 Å². The van der Waals surface area contributed by atoms with E-state index in [9.17, 15) is 4.79 Å². The third-order valence-corrected chi connectivity index (χ3v) is 4.38. The Morgan fingerprint density at radius 1 is 1.25 bits per heavy atom.